The molecule has 4 heteroatoms. The Balaban J connectivity index is 2.34. The van der Waals surface area contributed by atoms with Crippen LogP contribution in [0.15, 0.2) is 60.7 Å². The molecule has 0 fully saturated rings. The summed E-state index contributed by atoms with van der Waals surface area (Å²) < 4.78 is 11.6. The van der Waals surface area contributed by atoms with Crippen LogP contribution in [0.1, 0.15) is 44.2 Å². The normalized spacial score (nSPS) is 15.0. The van der Waals surface area contributed by atoms with Crippen LogP contribution in [0.5, 0.6) is 11.5 Å². The molecule has 0 N–H and O–H groups in total. The lowest BCUT2D eigenvalue weighted by molar-refractivity contribution is -0.131. The van der Waals surface area contributed by atoms with Crippen LogP contribution in [-0.4, -0.2) is 11.9 Å². The molecule has 0 heterocycles. The van der Waals surface area contributed by atoms with Gasteiger partial charge in [0, 0.05) is 39.0 Å². The number of carbonyl (C=O) groups excluding carboxylic acids is 2. The van der Waals surface area contributed by atoms with Crippen LogP contribution in [0.2, 0.25) is 0 Å². The number of carbonyl (C=O) groups is 2. The zero-order valence-electron chi connectivity index (χ0n) is 16.5. The maximum atomic E-state index is 12.4. The maximum absolute atomic E-state index is 12.4. The smallest absolute Gasteiger partial charge is 0.338 e. The van der Waals surface area contributed by atoms with Crippen molar-refractivity contribution in [3.8, 4) is 11.5 Å². The van der Waals surface area contributed by atoms with Gasteiger partial charge in [-0.1, -0.05) is 56.5 Å². The molecule has 0 bridgehead atoms. The molecule has 4 nitrogen and oxygen atoms in total. The van der Waals surface area contributed by atoms with E-state index in [4.69, 9.17) is 9.47 Å². The van der Waals surface area contributed by atoms with E-state index in [2.05, 4.69) is 32.2 Å². The third-order valence-corrected chi connectivity index (χ3v) is 4.85. The van der Waals surface area contributed by atoms with E-state index < -0.39 is 11.9 Å². The number of fused-ring (bicyclic) bond motifs is 2. The summed E-state index contributed by atoms with van der Waals surface area (Å²) in [7, 11) is 0. The molecule has 0 spiro atoms. The lowest BCUT2D eigenvalue weighted by Crippen LogP contribution is -2.17. The molecule has 3 rings (SSSR count). The van der Waals surface area contributed by atoms with Crippen LogP contribution >= 0.6 is 0 Å². The van der Waals surface area contributed by atoms with E-state index in [1.807, 2.05) is 24.3 Å². The lowest BCUT2D eigenvalue weighted by atomic mass is 9.82. The minimum atomic E-state index is -0.471. The summed E-state index contributed by atoms with van der Waals surface area (Å²) in [4.78, 5) is 24.7. The molecule has 2 aromatic carbocycles. The monoisotopic (exact) mass is 376 g/mol. The molecule has 28 heavy (non-hydrogen) atoms. The van der Waals surface area contributed by atoms with Crippen molar-refractivity contribution in [3.63, 3.8) is 0 Å². The van der Waals surface area contributed by atoms with Gasteiger partial charge in [0.2, 0.25) is 0 Å². The highest BCUT2D eigenvalue weighted by Crippen LogP contribution is 2.47. The van der Waals surface area contributed by atoms with Crippen LogP contribution < -0.4 is 9.47 Å². The highest BCUT2D eigenvalue weighted by Gasteiger charge is 2.29. The molecule has 0 amide bonds. The summed E-state index contributed by atoms with van der Waals surface area (Å²) >= 11 is 0. The maximum Gasteiger partial charge on any atom is 0.338 e. The number of hydrogen-bond donors (Lipinski definition) is 0. The second-order valence-electron chi connectivity index (χ2n) is 7.08. The van der Waals surface area contributed by atoms with Gasteiger partial charge < -0.3 is 9.47 Å². The Kier molecular flexibility index (Phi) is 5.50. The Bertz CT molecular complexity index is 1030. The van der Waals surface area contributed by atoms with Crippen molar-refractivity contribution in [2.75, 3.05) is 0 Å². The summed E-state index contributed by atoms with van der Waals surface area (Å²) in [6.07, 6.45) is 5.59. The van der Waals surface area contributed by atoms with Gasteiger partial charge in [0.15, 0.2) is 0 Å². The average molecular weight is 376 g/mol. The summed E-state index contributed by atoms with van der Waals surface area (Å²) in [6.45, 7) is 12.7. The summed E-state index contributed by atoms with van der Waals surface area (Å²) in [5.41, 5.74) is 2.42. The molecule has 0 radical (unpaired) electrons. The van der Waals surface area contributed by atoms with E-state index in [0.717, 1.165) is 28.3 Å². The Morgan fingerprint density at radius 2 is 1.54 bits per heavy atom. The number of esters is 2. The highest BCUT2D eigenvalue weighted by atomic mass is 16.5. The first-order valence-electron chi connectivity index (χ1n) is 9.34. The summed E-state index contributed by atoms with van der Waals surface area (Å²) in [5, 5.41) is 1.46. The molecule has 0 aliphatic heterocycles. The zero-order valence-corrected chi connectivity index (χ0v) is 16.5. The Morgan fingerprint density at radius 3 is 2.07 bits per heavy atom. The SMILES string of the molecule is C=C(C)C(=O)Oc1c2c(c(OC(=O)C(=C)C)c3ccccc13)C(CC)C=CC2. The molecular weight excluding hydrogens is 352 g/mol. The predicted octanol–water partition coefficient (Wildman–Crippen LogP) is 5.41. The van der Waals surface area contributed by atoms with Crippen molar-refractivity contribution in [2.45, 2.75) is 39.5 Å². The average Bonchev–Trinajstić information content (AvgIpc) is 2.69. The number of rotatable bonds is 5. The molecule has 1 aliphatic carbocycles. The predicted molar refractivity (Wildman–Crippen MR) is 111 cm³/mol. The molecule has 0 saturated heterocycles. The molecule has 0 saturated carbocycles. The second kappa shape index (κ2) is 7.85. The van der Waals surface area contributed by atoms with Crippen LogP contribution in [0.25, 0.3) is 10.8 Å². The van der Waals surface area contributed by atoms with E-state index >= 15 is 0 Å². The lowest BCUT2D eigenvalue weighted by Gasteiger charge is -2.27. The Hall–Kier alpha value is -3.14. The van der Waals surface area contributed by atoms with E-state index in [1.165, 1.54) is 0 Å². The molecule has 1 aliphatic rings. The van der Waals surface area contributed by atoms with Gasteiger partial charge in [0.05, 0.1) is 0 Å². The number of hydrogen-bond acceptors (Lipinski definition) is 4. The van der Waals surface area contributed by atoms with Crippen LogP contribution in [0.4, 0.5) is 0 Å². The second-order valence-corrected chi connectivity index (χ2v) is 7.08. The standard InChI is InChI=1S/C24H24O4/c1-6-16-10-9-13-19-20(16)22(28-24(26)15(4)5)18-12-8-7-11-17(18)21(19)27-23(25)14(2)3/h7-12,16H,2,4,6,13H2,1,3,5H3. The Morgan fingerprint density at radius 1 is 1.00 bits per heavy atom. The van der Waals surface area contributed by atoms with Gasteiger partial charge in [-0.25, -0.2) is 9.59 Å². The first-order chi connectivity index (χ1) is 13.3. The molecule has 1 atom stereocenters. The third kappa shape index (κ3) is 3.50. The topological polar surface area (TPSA) is 52.6 Å². The van der Waals surface area contributed by atoms with Crippen molar-refractivity contribution >= 4 is 22.7 Å². The first kappa shape index (κ1) is 19.6. The van der Waals surface area contributed by atoms with Gasteiger partial charge in [-0.3, -0.25) is 0 Å². The van der Waals surface area contributed by atoms with Gasteiger partial charge in [-0.05, 0) is 26.7 Å². The third-order valence-electron chi connectivity index (χ3n) is 4.85. The van der Waals surface area contributed by atoms with Gasteiger partial charge in [-0.15, -0.1) is 0 Å². The van der Waals surface area contributed by atoms with E-state index in [9.17, 15) is 9.59 Å². The zero-order chi connectivity index (χ0) is 20.4. The van der Waals surface area contributed by atoms with E-state index in [1.54, 1.807) is 13.8 Å². The molecule has 144 valence electrons. The largest absolute Gasteiger partial charge is 0.422 e. The van der Waals surface area contributed by atoms with Crippen molar-refractivity contribution in [3.05, 3.63) is 71.8 Å². The van der Waals surface area contributed by atoms with Gasteiger partial charge >= 0.3 is 11.9 Å². The molecule has 1 unspecified atom stereocenters. The molecule has 0 aromatic heterocycles. The fourth-order valence-electron chi connectivity index (χ4n) is 3.41. The summed E-state index contributed by atoms with van der Waals surface area (Å²) in [6, 6.07) is 7.48. The van der Waals surface area contributed by atoms with Crippen molar-refractivity contribution in [1.82, 2.24) is 0 Å². The minimum absolute atomic E-state index is 0.0588. The quantitative estimate of drug-likeness (QED) is 0.303. The molecular formula is C24H24O4. The van der Waals surface area contributed by atoms with Crippen LogP contribution in [0, 0.1) is 0 Å². The fraction of sp³-hybridized carbons (Fsp3) is 0.250. The highest BCUT2D eigenvalue weighted by molar-refractivity contribution is 6.01. The first-order valence-corrected chi connectivity index (χ1v) is 9.34. The van der Waals surface area contributed by atoms with Crippen molar-refractivity contribution in [1.29, 1.82) is 0 Å². The van der Waals surface area contributed by atoms with E-state index in [0.29, 0.717) is 29.1 Å². The van der Waals surface area contributed by atoms with Crippen LogP contribution in [-0.2, 0) is 16.0 Å². The Labute approximate surface area is 165 Å². The minimum Gasteiger partial charge on any atom is -0.422 e. The van der Waals surface area contributed by atoms with E-state index in [-0.39, 0.29) is 5.92 Å². The van der Waals surface area contributed by atoms with Crippen LogP contribution in [0.3, 0.4) is 0 Å². The molecule has 2 aromatic rings. The fourth-order valence-corrected chi connectivity index (χ4v) is 3.41. The van der Waals surface area contributed by atoms with Crippen molar-refractivity contribution in [2.24, 2.45) is 0 Å². The number of benzene rings is 2. The van der Waals surface area contributed by atoms with Crippen molar-refractivity contribution < 1.29 is 19.1 Å². The number of allylic oxidation sites excluding steroid dienone is 2. The summed E-state index contributed by atoms with van der Waals surface area (Å²) in [5.74, 6) is 0.148. The van der Waals surface area contributed by atoms with Gasteiger partial charge in [0.1, 0.15) is 11.5 Å². The van der Waals surface area contributed by atoms with Gasteiger partial charge in [-0.2, -0.15) is 0 Å². The number of ether oxygens (including phenoxy) is 2. The van der Waals surface area contributed by atoms with Gasteiger partial charge in [0.25, 0.3) is 0 Å².